The molecule has 116 valence electrons. The van der Waals surface area contributed by atoms with Gasteiger partial charge in [0.05, 0.1) is 0 Å². The van der Waals surface area contributed by atoms with Gasteiger partial charge in [-0.1, -0.05) is 17.7 Å². The van der Waals surface area contributed by atoms with Crippen molar-refractivity contribution in [2.24, 2.45) is 0 Å². The molecule has 1 heterocycles. The highest BCUT2D eigenvalue weighted by atomic mass is 35.5. The fourth-order valence-corrected chi connectivity index (χ4v) is 2.06. The molecule has 0 saturated carbocycles. The number of hydrogen-bond acceptors (Lipinski definition) is 4. The van der Waals surface area contributed by atoms with Crippen LogP contribution in [0.4, 0.5) is 10.1 Å². The number of hydrogen-bond donors (Lipinski definition) is 1. The van der Waals surface area contributed by atoms with E-state index in [-0.39, 0.29) is 17.6 Å². The van der Waals surface area contributed by atoms with E-state index in [9.17, 15) is 9.18 Å². The second-order valence-corrected chi connectivity index (χ2v) is 5.24. The highest BCUT2D eigenvalue weighted by Crippen LogP contribution is 2.21. The number of amides is 1. The van der Waals surface area contributed by atoms with E-state index < -0.39 is 5.91 Å². The predicted molar refractivity (Wildman–Crippen MR) is 83.8 cm³/mol. The van der Waals surface area contributed by atoms with E-state index in [4.69, 9.17) is 16.0 Å². The molecule has 0 saturated heterocycles. The molecule has 0 spiro atoms. The van der Waals surface area contributed by atoms with Gasteiger partial charge in [-0.2, -0.15) is 0 Å². The Bertz CT molecular complexity index is 862. The van der Waals surface area contributed by atoms with Crippen LogP contribution in [-0.2, 0) is 0 Å². The van der Waals surface area contributed by atoms with Gasteiger partial charge in [-0.15, -0.1) is 10.2 Å². The normalized spacial score (nSPS) is 10.6. The van der Waals surface area contributed by atoms with E-state index >= 15 is 0 Å². The van der Waals surface area contributed by atoms with Crippen molar-refractivity contribution in [1.82, 2.24) is 10.2 Å². The molecule has 7 heteroatoms. The molecule has 3 rings (SSSR count). The summed E-state index contributed by atoms with van der Waals surface area (Å²) in [4.78, 5) is 12.1. The molecule has 0 fully saturated rings. The summed E-state index contributed by atoms with van der Waals surface area (Å²) in [5.74, 6) is -0.980. The Kier molecular flexibility index (Phi) is 4.08. The number of benzene rings is 2. The largest absolute Gasteiger partial charge is 0.412 e. The number of nitrogens with zero attached hydrogens (tertiary/aromatic N) is 2. The van der Waals surface area contributed by atoms with Crippen molar-refractivity contribution in [3.63, 3.8) is 0 Å². The number of nitrogens with one attached hydrogen (secondary N) is 1. The fraction of sp³-hybridized carbons (Fsp3) is 0.0625. The Balaban J connectivity index is 1.78. The summed E-state index contributed by atoms with van der Waals surface area (Å²) < 4.78 is 18.2. The zero-order valence-corrected chi connectivity index (χ0v) is 12.8. The summed E-state index contributed by atoms with van der Waals surface area (Å²) in [5, 5.41) is 10.6. The molecule has 0 bridgehead atoms. The Morgan fingerprint density at radius 1 is 1.17 bits per heavy atom. The molecule has 0 aliphatic carbocycles. The van der Waals surface area contributed by atoms with E-state index in [0.29, 0.717) is 16.3 Å². The lowest BCUT2D eigenvalue weighted by atomic mass is 10.2. The van der Waals surface area contributed by atoms with Crippen LogP contribution in [0.3, 0.4) is 0 Å². The summed E-state index contributed by atoms with van der Waals surface area (Å²) in [7, 11) is 0. The summed E-state index contributed by atoms with van der Waals surface area (Å²) >= 11 is 6.01. The number of carbonyl (C=O) groups is 1. The van der Waals surface area contributed by atoms with Crippen LogP contribution in [0, 0.1) is 12.7 Å². The fourth-order valence-electron chi connectivity index (χ4n) is 1.88. The molecule has 0 aliphatic rings. The van der Waals surface area contributed by atoms with Gasteiger partial charge < -0.3 is 9.73 Å². The van der Waals surface area contributed by atoms with E-state index in [0.717, 1.165) is 5.56 Å². The van der Waals surface area contributed by atoms with Crippen LogP contribution < -0.4 is 5.32 Å². The van der Waals surface area contributed by atoms with Crippen molar-refractivity contribution in [2.45, 2.75) is 6.92 Å². The first kappa shape index (κ1) is 15.2. The molecule has 23 heavy (non-hydrogen) atoms. The average Bonchev–Trinajstić information content (AvgIpc) is 3.02. The van der Waals surface area contributed by atoms with Crippen molar-refractivity contribution in [3.8, 4) is 11.5 Å². The smallest absolute Gasteiger partial charge is 0.313 e. The zero-order chi connectivity index (χ0) is 16.4. The third-order valence-corrected chi connectivity index (χ3v) is 3.55. The summed E-state index contributed by atoms with van der Waals surface area (Å²) in [6, 6.07) is 10.7. The molecule has 1 aromatic heterocycles. The van der Waals surface area contributed by atoms with Gasteiger partial charge >= 0.3 is 11.8 Å². The van der Waals surface area contributed by atoms with Gasteiger partial charge in [-0.05, 0) is 48.9 Å². The van der Waals surface area contributed by atoms with Gasteiger partial charge in [-0.25, -0.2) is 4.39 Å². The average molecular weight is 332 g/mol. The maximum atomic E-state index is 12.9. The number of aryl methyl sites for hydroxylation is 1. The van der Waals surface area contributed by atoms with E-state index in [1.54, 1.807) is 18.2 Å². The van der Waals surface area contributed by atoms with Crippen LogP contribution >= 0.6 is 11.6 Å². The summed E-state index contributed by atoms with van der Waals surface area (Å²) in [5.41, 5.74) is 1.95. The molecule has 5 nitrogen and oxygen atoms in total. The minimum atomic E-state index is -0.550. The second-order valence-electron chi connectivity index (χ2n) is 4.84. The van der Waals surface area contributed by atoms with Crippen molar-refractivity contribution in [1.29, 1.82) is 0 Å². The number of halogens is 2. The first-order chi connectivity index (χ1) is 11.0. The Labute approximate surface area is 136 Å². The molecule has 2 aromatic carbocycles. The molecular weight excluding hydrogens is 321 g/mol. The second kappa shape index (κ2) is 6.18. The van der Waals surface area contributed by atoms with Crippen LogP contribution in [-0.4, -0.2) is 16.1 Å². The molecule has 0 aliphatic heterocycles. The molecule has 1 amide bonds. The zero-order valence-electron chi connectivity index (χ0n) is 12.0. The lowest BCUT2D eigenvalue weighted by Gasteiger charge is -2.04. The Morgan fingerprint density at radius 2 is 1.91 bits per heavy atom. The third-order valence-electron chi connectivity index (χ3n) is 3.14. The first-order valence-electron chi connectivity index (χ1n) is 6.70. The topological polar surface area (TPSA) is 68.0 Å². The van der Waals surface area contributed by atoms with Crippen LogP contribution in [0.2, 0.25) is 5.02 Å². The Hall–Kier alpha value is -2.73. The monoisotopic (exact) mass is 331 g/mol. The van der Waals surface area contributed by atoms with Crippen LogP contribution in [0.5, 0.6) is 0 Å². The molecular formula is C16H11ClFN3O2. The highest BCUT2D eigenvalue weighted by Gasteiger charge is 2.16. The minimum absolute atomic E-state index is 0.136. The molecule has 3 aromatic rings. The van der Waals surface area contributed by atoms with Crippen LogP contribution in [0.25, 0.3) is 11.5 Å². The van der Waals surface area contributed by atoms with Gasteiger partial charge in [0.1, 0.15) is 5.82 Å². The lowest BCUT2D eigenvalue weighted by Crippen LogP contribution is -2.12. The summed E-state index contributed by atoms with van der Waals surface area (Å²) in [6.07, 6.45) is 0. The van der Waals surface area contributed by atoms with E-state index in [1.807, 2.05) is 6.92 Å². The predicted octanol–water partition coefficient (Wildman–Crippen LogP) is 4.09. The lowest BCUT2D eigenvalue weighted by molar-refractivity contribution is 0.0991. The van der Waals surface area contributed by atoms with Gasteiger partial charge in [0.25, 0.3) is 0 Å². The van der Waals surface area contributed by atoms with E-state index in [2.05, 4.69) is 15.5 Å². The van der Waals surface area contributed by atoms with Crippen LogP contribution in [0.15, 0.2) is 46.9 Å². The van der Waals surface area contributed by atoms with Crippen molar-refractivity contribution >= 4 is 23.2 Å². The minimum Gasteiger partial charge on any atom is -0.412 e. The number of aromatic nitrogens is 2. The quantitative estimate of drug-likeness (QED) is 0.785. The standard InChI is InChI=1S/C16H11ClFN3O2/c1-9-2-7-12(8-13(9)17)19-14(22)16-21-20-15(23-16)10-3-5-11(18)6-4-10/h2-8H,1H3,(H,19,22). The van der Waals surface area contributed by atoms with Gasteiger partial charge in [0.2, 0.25) is 5.89 Å². The number of rotatable bonds is 3. The molecule has 0 atom stereocenters. The third kappa shape index (κ3) is 3.37. The van der Waals surface area contributed by atoms with Gasteiger partial charge in [-0.3, -0.25) is 4.79 Å². The van der Waals surface area contributed by atoms with Crippen molar-refractivity contribution < 1.29 is 13.6 Å². The summed E-state index contributed by atoms with van der Waals surface area (Å²) in [6.45, 7) is 1.86. The van der Waals surface area contributed by atoms with Gasteiger partial charge in [0, 0.05) is 16.3 Å². The van der Waals surface area contributed by atoms with Crippen molar-refractivity contribution in [2.75, 3.05) is 5.32 Å². The number of anilines is 1. The Morgan fingerprint density at radius 3 is 2.61 bits per heavy atom. The van der Waals surface area contributed by atoms with E-state index in [1.165, 1.54) is 24.3 Å². The van der Waals surface area contributed by atoms with Crippen molar-refractivity contribution in [3.05, 3.63) is 64.8 Å². The van der Waals surface area contributed by atoms with Gasteiger partial charge in [0.15, 0.2) is 0 Å². The number of carbonyl (C=O) groups excluding carboxylic acids is 1. The first-order valence-corrected chi connectivity index (χ1v) is 7.07. The molecule has 0 radical (unpaired) electrons. The molecule has 0 unspecified atom stereocenters. The molecule has 1 N–H and O–H groups in total. The highest BCUT2D eigenvalue weighted by molar-refractivity contribution is 6.31. The maximum absolute atomic E-state index is 12.9. The maximum Gasteiger partial charge on any atom is 0.313 e. The SMILES string of the molecule is Cc1ccc(NC(=O)c2nnc(-c3ccc(F)cc3)o2)cc1Cl. The van der Waals surface area contributed by atoms with Crippen LogP contribution in [0.1, 0.15) is 16.2 Å².